The van der Waals surface area contributed by atoms with Gasteiger partial charge >= 0.3 is 12.0 Å². The molecule has 1 amide bonds. The van der Waals surface area contributed by atoms with Gasteiger partial charge in [0.2, 0.25) is 0 Å². The second-order valence-electron chi connectivity index (χ2n) is 5.83. The molecule has 1 fully saturated rings. The Bertz CT molecular complexity index is 534. The Morgan fingerprint density at radius 2 is 2.24 bits per heavy atom. The lowest BCUT2D eigenvalue weighted by Gasteiger charge is -2.35. The third-order valence-corrected chi connectivity index (χ3v) is 2.99. The lowest BCUT2D eigenvalue weighted by Crippen LogP contribution is -2.50. The van der Waals surface area contributed by atoms with E-state index in [1.165, 1.54) is 17.0 Å². The molecule has 1 atom stereocenters. The predicted octanol–water partition coefficient (Wildman–Crippen LogP) is 2.07. The molecule has 2 rings (SSSR count). The van der Waals surface area contributed by atoms with Crippen LogP contribution in [0.1, 0.15) is 32.6 Å². The number of amides is 1. The van der Waals surface area contributed by atoms with Gasteiger partial charge < -0.3 is 14.5 Å². The van der Waals surface area contributed by atoms with Crippen LogP contribution in [0.2, 0.25) is 0 Å². The minimum absolute atomic E-state index is 0.334. The predicted molar refractivity (Wildman–Crippen MR) is 73.9 cm³/mol. The van der Waals surface area contributed by atoms with E-state index in [9.17, 15) is 14.9 Å². The van der Waals surface area contributed by atoms with Gasteiger partial charge in [-0.2, -0.15) is 0 Å². The maximum Gasteiger partial charge on any atom is 0.433 e. The van der Waals surface area contributed by atoms with Crippen LogP contribution in [0.3, 0.4) is 0 Å². The van der Waals surface area contributed by atoms with Gasteiger partial charge in [0, 0.05) is 19.6 Å². The fraction of sp³-hybridized carbons (Fsp3) is 0.615. The lowest BCUT2D eigenvalue weighted by atomic mass is 10.1. The van der Waals surface area contributed by atoms with Crippen LogP contribution < -0.4 is 5.32 Å². The van der Waals surface area contributed by atoms with Gasteiger partial charge in [0.15, 0.2) is 0 Å². The zero-order chi connectivity index (χ0) is 15.6. The molecule has 0 aliphatic carbocycles. The summed E-state index contributed by atoms with van der Waals surface area (Å²) >= 11 is 0. The van der Waals surface area contributed by atoms with E-state index in [0.717, 1.165) is 0 Å². The molecular formula is C13H19N3O5. The standard InChI is InChI=1S/C13H19N3O5/c1-13(2,3)21-12(17)15-7-6-14-8-9(15)10-4-5-11(20-10)16(18)19/h4-5,9,14H,6-8H2,1-3H3. The molecule has 1 aromatic rings. The number of nitro groups is 1. The molecule has 1 aromatic heterocycles. The van der Waals surface area contributed by atoms with Gasteiger partial charge in [-0.3, -0.25) is 15.0 Å². The molecule has 116 valence electrons. The van der Waals surface area contributed by atoms with Crippen LogP contribution in [0.4, 0.5) is 10.7 Å². The summed E-state index contributed by atoms with van der Waals surface area (Å²) in [5.41, 5.74) is -0.596. The lowest BCUT2D eigenvalue weighted by molar-refractivity contribution is -0.402. The highest BCUT2D eigenvalue weighted by atomic mass is 16.6. The Kier molecular flexibility index (Phi) is 4.17. The first-order valence-corrected chi connectivity index (χ1v) is 6.72. The topological polar surface area (TPSA) is 97.8 Å². The van der Waals surface area contributed by atoms with Gasteiger partial charge in [0.1, 0.15) is 22.3 Å². The van der Waals surface area contributed by atoms with Crippen molar-refractivity contribution >= 4 is 12.0 Å². The highest BCUT2D eigenvalue weighted by molar-refractivity contribution is 5.69. The number of carbonyl (C=O) groups excluding carboxylic acids is 1. The first kappa shape index (κ1) is 15.3. The van der Waals surface area contributed by atoms with E-state index in [4.69, 9.17) is 9.15 Å². The summed E-state index contributed by atoms with van der Waals surface area (Å²) in [6.45, 7) is 6.93. The largest absolute Gasteiger partial charge is 0.444 e. The Morgan fingerprint density at radius 1 is 1.52 bits per heavy atom. The van der Waals surface area contributed by atoms with Crippen molar-refractivity contribution in [2.24, 2.45) is 0 Å². The number of hydrogen-bond donors (Lipinski definition) is 1. The number of nitrogens with one attached hydrogen (secondary N) is 1. The number of furan rings is 1. The monoisotopic (exact) mass is 297 g/mol. The normalized spacial score (nSPS) is 19.4. The van der Waals surface area contributed by atoms with Crippen LogP contribution in [0, 0.1) is 10.1 Å². The van der Waals surface area contributed by atoms with Crippen LogP contribution in [-0.2, 0) is 4.74 Å². The van der Waals surface area contributed by atoms with Crippen LogP contribution in [0.15, 0.2) is 16.5 Å². The second-order valence-corrected chi connectivity index (χ2v) is 5.83. The Labute approximate surface area is 122 Å². The maximum absolute atomic E-state index is 12.2. The minimum atomic E-state index is -0.600. The van der Waals surface area contributed by atoms with Crippen LogP contribution in [0.5, 0.6) is 0 Å². The van der Waals surface area contributed by atoms with Crippen molar-refractivity contribution in [3.8, 4) is 0 Å². The zero-order valence-corrected chi connectivity index (χ0v) is 12.3. The molecule has 1 unspecified atom stereocenters. The molecule has 2 heterocycles. The number of rotatable bonds is 2. The first-order chi connectivity index (χ1) is 9.78. The summed E-state index contributed by atoms with van der Waals surface area (Å²) in [7, 11) is 0. The molecule has 1 aliphatic heterocycles. The highest BCUT2D eigenvalue weighted by Gasteiger charge is 2.34. The number of hydrogen-bond acceptors (Lipinski definition) is 6. The van der Waals surface area contributed by atoms with Gasteiger partial charge in [-0.1, -0.05) is 0 Å². The Morgan fingerprint density at radius 3 is 2.81 bits per heavy atom. The van der Waals surface area contributed by atoms with Gasteiger partial charge in [0.25, 0.3) is 0 Å². The van der Waals surface area contributed by atoms with E-state index in [1.54, 1.807) is 20.8 Å². The summed E-state index contributed by atoms with van der Waals surface area (Å²) in [4.78, 5) is 23.9. The van der Waals surface area contributed by atoms with E-state index >= 15 is 0 Å². The van der Waals surface area contributed by atoms with Crippen molar-refractivity contribution in [1.29, 1.82) is 0 Å². The number of ether oxygens (including phenoxy) is 1. The van der Waals surface area contributed by atoms with E-state index < -0.39 is 22.7 Å². The summed E-state index contributed by atoms with van der Waals surface area (Å²) in [6, 6.07) is 2.40. The SMILES string of the molecule is CC(C)(C)OC(=O)N1CCNCC1c1ccc([N+](=O)[O-])o1. The molecule has 0 bridgehead atoms. The van der Waals surface area contributed by atoms with Gasteiger partial charge in [0.05, 0.1) is 6.07 Å². The van der Waals surface area contributed by atoms with Crippen molar-refractivity contribution in [2.75, 3.05) is 19.6 Å². The van der Waals surface area contributed by atoms with Gasteiger partial charge in [-0.25, -0.2) is 4.79 Å². The average Bonchev–Trinajstić information content (AvgIpc) is 2.86. The minimum Gasteiger partial charge on any atom is -0.444 e. The number of piperazine rings is 1. The maximum atomic E-state index is 12.2. The first-order valence-electron chi connectivity index (χ1n) is 6.72. The van der Waals surface area contributed by atoms with E-state index in [-0.39, 0.29) is 5.88 Å². The van der Waals surface area contributed by atoms with Crippen molar-refractivity contribution in [2.45, 2.75) is 32.4 Å². The fourth-order valence-corrected chi connectivity index (χ4v) is 2.12. The van der Waals surface area contributed by atoms with Crippen molar-refractivity contribution in [1.82, 2.24) is 10.2 Å². The summed E-state index contributed by atoms with van der Waals surface area (Å²) in [5, 5.41) is 13.8. The van der Waals surface area contributed by atoms with E-state index in [1.807, 2.05) is 0 Å². The summed E-state index contributed by atoms with van der Waals surface area (Å²) in [6.07, 6.45) is -0.451. The van der Waals surface area contributed by atoms with E-state index in [2.05, 4.69) is 5.32 Å². The summed E-state index contributed by atoms with van der Waals surface area (Å²) < 4.78 is 10.6. The molecule has 8 nitrogen and oxygen atoms in total. The molecule has 0 spiro atoms. The molecular weight excluding hydrogens is 278 g/mol. The summed E-state index contributed by atoms with van der Waals surface area (Å²) in [5.74, 6) is 0.0412. The van der Waals surface area contributed by atoms with Crippen molar-refractivity contribution < 1.29 is 18.9 Å². The van der Waals surface area contributed by atoms with E-state index in [0.29, 0.717) is 25.4 Å². The van der Waals surface area contributed by atoms with Crippen LogP contribution in [-0.4, -0.2) is 41.2 Å². The van der Waals surface area contributed by atoms with Crippen molar-refractivity contribution in [3.63, 3.8) is 0 Å². The van der Waals surface area contributed by atoms with Crippen LogP contribution in [0.25, 0.3) is 0 Å². The third-order valence-electron chi connectivity index (χ3n) is 2.99. The van der Waals surface area contributed by atoms with Gasteiger partial charge in [-0.15, -0.1) is 0 Å². The molecule has 1 N–H and O–H groups in total. The van der Waals surface area contributed by atoms with Crippen LogP contribution >= 0.6 is 0 Å². The zero-order valence-electron chi connectivity index (χ0n) is 12.3. The second kappa shape index (κ2) is 5.72. The molecule has 0 aromatic carbocycles. The average molecular weight is 297 g/mol. The molecule has 8 heteroatoms. The fourth-order valence-electron chi connectivity index (χ4n) is 2.12. The Hall–Kier alpha value is -2.09. The molecule has 1 saturated heterocycles. The molecule has 21 heavy (non-hydrogen) atoms. The van der Waals surface area contributed by atoms with Gasteiger partial charge in [-0.05, 0) is 26.8 Å². The molecule has 0 saturated carbocycles. The number of nitrogens with zero attached hydrogens (tertiary/aromatic N) is 2. The Balaban J connectivity index is 2.18. The smallest absolute Gasteiger partial charge is 0.433 e. The van der Waals surface area contributed by atoms with Crippen molar-refractivity contribution in [3.05, 3.63) is 28.0 Å². The quantitative estimate of drug-likeness (QED) is 0.663. The molecule has 0 radical (unpaired) electrons. The molecule has 1 aliphatic rings. The third kappa shape index (κ3) is 3.72. The highest BCUT2D eigenvalue weighted by Crippen LogP contribution is 2.28. The number of carbonyl (C=O) groups is 1.